The van der Waals surface area contributed by atoms with E-state index in [1.54, 1.807) is 51.1 Å². The molecular weight excluding hydrogens is 1200 g/mol. The van der Waals surface area contributed by atoms with E-state index in [1.807, 2.05) is 6.92 Å². The van der Waals surface area contributed by atoms with Crippen LogP contribution in [0.5, 0.6) is 0 Å². The largest absolute Gasteiger partial charge is 0.459 e. The van der Waals surface area contributed by atoms with E-state index in [0.717, 1.165) is 6.42 Å². The van der Waals surface area contributed by atoms with Gasteiger partial charge in [-0.15, -0.1) is 0 Å². The maximum atomic E-state index is 14.7. The third kappa shape index (κ3) is 26.2. The van der Waals surface area contributed by atoms with Gasteiger partial charge in [-0.2, -0.15) is 0 Å². The molecule has 1 aliphatic rings. The number of amides is 11. The average Bonchev–Trinajstić information content (AvgIpc) is 1.35. The minimum atomic E-state index is -1.79. The number of nitrogens with one attached hydrogen (secondary N) is 11. The van der Waals surface area contributed by atoms with Crippen molar-refractivity contribution in [2.75, 3.05) is 39.3 Å². The molecule has 1 aliphatic heterocycles. The summed E-state index contributed by atoms with van der Waals surface area (Å²) >= 11 is 0. The Bertz CT molecular complexity index is 2760. The summed E-state index contributed by atoms with van der Waals surface area (Å²) in [7, 11) is 0. The molecule has 2 aromatic rings. The molecule has 31 nitrogen and oxygen atoms in total. The summed E-state index contributed by atoms with van der Waals surface area (Å²) in [6, 6.07) is -1.20. The van der Waals surface area contributed by atoms with E-state index in [1.165, 1.54) is 38.1 Å². The van der Waals surface area contributed by atoms with Crippen molar-refractivity contribution in [2.24, 2.45) is 34.6 Å². The number of hydrogen-bond donors (Lipinski definition) is 18. The van der Waals surface area contributed by atoms with Gasteiger partial charge in [0.15, 0.2) is 0 Å². The van der Waals surface area contributed by atoms with E-state index in [9.17, 15) is 67.7 Å². The van der Waals surface area contributed by atoms with E-state index >= 15 is 0 Å². The second-order valence-corrected chi connectivity index (χ2v) is 23.1. The van der Waals surface area contributed by atoms with Crippen molar-refractivity contribution in [3.63, 3.8) is 0 Å². The van der Waals surface area contributed by atoms with Crippen LogP contribution in [0, 0.1) is 5.92 Å². The lowest BCUT2D eigenvalue weighted by atomic mass is 10.00. The molecule has 2 aromatic carbocycles. The monoisotopic (exact) mass is 1290 g/mol. The van der Waals surface area contributed by atoms with Crippen LogP contribution in [0.25, 0.3) is 0 Å². The van der Waals surface area contributed by atoms with Gasteiger partial charge in [-0.25, -0.2) is 4.79 Å². The molecule has 512 valence electrons. The molecule has 23 N–H and O–H groups in total. The van der Waals surface area contributed by atoms with E-state index < -0.39 is 157 Å². The SMILES string of the molecule is CCCC(C)OC(=O)c1ccc(C(=O)N[C@@H](CCN)C(=O)N[C@H](C(=O)N[C@@H](CCN)C(=O)N[C@H]2CCNC(=O)[C@H]([C@H](C)O)NC(=O)[C@H](CCN)NC(=O)[C@H](CCN)NC(=O)[C@H](CC(C)C)NC(=O)[C@@H](Cc3ccccc3)NC(=O)[C@H](CCCN)NC2=O)C(C)O)cc1. The van der Waals surface area contributed by atoms with Crippen molar-refractivity contribution in [1.82, 2.24) is 58.5 Å². The first-order chi connectivity index (χ1) is 43.7. The number of aliphatic hydroxyl groups excluding tert-OH is 2. The number of hydrogen-bond acceptors (Lipinski definition) is 20. The summed E-state index contributed by atoms with van der Waals surface area (Å²) in [5, 5.41) is 49.8. The molecule has 1 saturated heterocycles. The molecule has 0 aromatic heterocycles. The van der Waals surface area contributed by atoms with Gasteiger partial charge >= 0.3 is 5.97 Å². The van der Waals surface area contributed by atoms with Gasteiger partial charge in [0.2, 0.25) is 59.1 Å². The molecule has 0 saturated carbocycles. The topological polar surface area (TPSA) is 517 Å². The zero-order chi connectivity index (χ0) is 68.6. The quantitative estimate of drug-likeness (QED) is 0.0340. The van der Waals surface area contributed by atoms with Crippen molar-refractivity contribution in [2.45, 2.75) is 191 Å². The standard InChI is InChI=1S/C61H98N16O15/c1-7-12-34(4)92-61(91)39-18-16-38(17-19-39)50(80)68-43(22-28-65)55(85)77-49(36(6)79)60(90)73-42(21-27-64)53(83)72-45-24-30-67-59(89)48(35(5)78)76-56(86)44(23-29-66)70-52(82)41(20-26-63)71-57(87)46(31-33(2)3)74-58(88)47(32-37-13-9-8-10-14-37)75-51(81)40(15-11-25-62)69-54(45)84/h8-10,13-14,16-19,33-36,40-49,78-79H,7,11-12,15,20-32,62-66H2,1-6H3,(H,67,89)(H,68,80)(H,69,84)(H,70,82)(H,71,87)(H,72,83)(H,73,90)(H,74,88)(H,75,81)(H,76,86)(H,77,85)/t34?,35-,36?,40-,41-,42-,43-,44-,45-,46-,47+,48-,49-/m0/s1. The fourth-order valence-corrected chi connectivity index (χ4v) is 9.74. The third-order valence-corrected chi connectivity index (χ3v) is 14.8. The fraction of sp³-hybridized carbons (Fsp3) is 0.607. The number of rotatable bonds is 29. The first-order valence-electron chi connectivity index (χ1n) is 31.3. The van der Waals surface area contributed by atoms with Crippen LogP contribution in [-0.4, -0.2) is 199 Å². The lowest BCUT2D eigenvalue weighted by Gasteiger charge is -2.29. The predicted molar refractivity (Wildman–Crippen MR) is 338 cm³/mol. The summed E-state index contributed by atoms with van der Waals surface area (Å²) in [5.41, 5.74) is 30.2. The Labute approximate surface area is 536 Å². The van der Waals surface area contributed by atoms with E-state index in [4.69, 9.17) is 33.4 Å². The van der Waals surface area contributed by atoms with Gasteiger partial charge in [0.05, 0.1) is 23.9 Å². The Balaban J connectivity index is 2.07. The Morgan fingerprint density at radius 1 is 0.554 bits per heavy atom. The van der Waals surface area contributed by atoms with Crippen LogP contribution in [0.15, 0.2) is 54.6 Å². The van der Waals surface area contributed by atoms with E-state index in [2.05, 4.69) is 58.5 Å². The van der Waals surface area contributed by atoms with Crippen LogP contribution in [-0.2, 0) is 59.1 Å². The molecular formula is C61H98N16O15. The van der Waals surface area contributed by atoms with Gasteiger partial charge in [0.25, 0.3) is 5.91 Å². The molecule has 31 heteroatoms. The van der Waals surface area contributed by atoms with Crippen molar-refractivity contribution in [1.29, 1.82) is 0 Å². The van der Waals surface area contributed by atoms with Crippen LogP contribution >= 0.6 is 0 Å². The Morgan fingerprint density at radius 2 is 1.07 bits per heavy atom. The van der Waals surface area contributed by atoms with Gasteiger partial charge in [-0.3, -0.25) is 52.7 Å². The fourth-order valence-electron chi connectivity index (χ4n) is 9.74. The van der Waals surface area contributed by atoms with Crippen molar-refractivity contribution in [3.8, 4) is 0 Å². The summed E-state index contributed by atoms with van der Waals surface area (Å²) in [6.07, 6.45) is -3.49. The predicted octanol–water partition coefficient (Wildman–Crippen LogP) is -4.80. The van der Waals surface area contributed by atoms with Crippen molar-refractivity contribution < 1.29 is 72.5 Å². The molecule has 0 spiro atoms. The maximum absolute atomic E-state index is 14.7. The van der Waals surface area contributed by atoms with Crippen LogP contribution in [0.4, 0.5) is 0 Å². The second kappa shape index (κ2) is 40.6. The highest BCUT2D eigenvalue weighted by atomic mass is 16.5. The molecule has 3 rings (SSSR count). The average molecular weight is 1300 g/mol. The summed E-state index contributed by atoms with van der Waals surface area (Å²) in [4.78, 5) is 168. The van der Waals surface area contributed by atoms with E-state index in [-0.39, 0.29) is 107 Å². The van der Waals surface area contributed by atoms with Gasteiger partial charge in [-0.1, -0.05) is 57.5 Å². The zero-order valence-corrected chi connectivity index (χ0v) is 53.4. The lowest BCUT2D eigenvalue weighted by Crippen LogP contribution is -2.62. The zero-order valence-electron chi connectivity index (χ0n) is 53.4. The highest BCUT2D eigenvalue weighted by molar-refractivity contribution is 6.01. The number of esters is 1. The van der Waals surface area contributed by atoms with Gasteiger partial charge in [-0.05, 0) is 147 Å². The first kappa shape index (κ1) is 78.0. The van der Waals surface area contributed by atoms with Gasteiger partial charge < -0.3 is 102 Å². The van der Waals surface area contributed by atoms with E-state index in [0.29, 0.717) is 12.0 Å². The number of carbonyl (C=O) groups is 12. The van der Waals surface area contributed by atoms with Crippen LogP contribution in [0.2, 0.25) is 0 Å². The summed E-state index contributed by atoms with van der Waals surface area (Å²) < 4.78 is 5.42. The van der Waals surface area contributed by atoms with Crippen molar-refractivity contribution >= 4 is 70.9 Å². The molecule has 0 radical (unpaired) electrons. The number of aliphatic hydroxyl groups is 2. The van der Waals surface area contributed by atoms with Gasteiger partial charge in [0, 0.05) is 18.5 Å². The smallest absolute Gasteiger partial charge is 0.338 e. The second-order valence-electron chi connectivity index (χ2n) is 23.1. The lowest BCUT2D eigenvalue weighted by molar-refractivity contribution is -0.136. The Kier molecular flexibility index (Phi) is 34.5. The molecule has 1 fully saturated rings. The molecule has 11 amide bonds. The molecule has 13 atom stereocenters. The molecule has 1 heterocycles. The molecule has 0 aliphatic carbocycles. The highest BCUT2D eigenvalue weighted by Crippen LogP contribution is 2.14. The van der Waals surface area contributed by atoms with Crippen LogP contribution < -0.4 is 87.2 Å². The van der Waals surface area contributed by atoms with Crippen LogP contribution in [0.1, 0.15) is 132 Å². The minimum absolute atomic E-state index is 0.0212. The summed E-state index contributed by atoms with van der Waals surface area (Å²) in [5.74, 6) is -11.1. The minimum Gasteiger partial charge on any atom is -0.459 e. The number of nitrogens with two attached hydrogens (primary N) is 5. The molecule has 2 unspecified atom stereocenters. The number of benzene rings is 2. The van der Waals surface area contributed by atoms with Crippen molar-refractivity contribution in [3.05, 3.63) is 71.3 Å². The molecule has 0 bridgehead atoms. The number of carbonyl (C=O) groups excluding carboxylic acids is 12. The normalized spacial score (nSPS) is 21.9. The van der Waals surface area contributed by atoms with Gasteiger partial charge in [0.1, 0.15) is 60.4 Å². The highest BCUT2D eigenvalue weighted by Gasteiger charge is 2.38. The Morgan fingerprint density at radius 3 is 1.60 bits per heavy atom. The maximum Gasteiger partial charge on any atom is 0.338 e. The first-order valence-corrected chi connectivity index (χ1v) is 31.3. The number of ether oxygens (including phenoxy) is 1. The summed E-state index contributed by atoms with van der Waals surface area (Å²) in [6.45, 7) is 8.49. The molecule has 92 heavy (non-hydrogen) atoms. The Hall–Kier alpha value is -8.20. The third-order valence-electron chi connectivity index (χ3n) is 14.8. The van der Waals surface area contributed by atoms with Crippen LogP contribution in [0.3, 0.4) is 0 Å².